The molecule has 0 saturated carbocycles. The van der Waals surface area contributed by atoms with Gasteiger partial charge in [-0.15, -0.1) is 0 Å². The SMILES string of the molecule is C[C@@H]1OC(CF)[C@@H](O)C(O)[C@@H]1O. The van der Waals surface area contributed by atoms with Gasteiger partial charge in [0.2, 0.25) is 0 Å². The van der Waals surface area contributed by atoms with E-state index in [1.807, 2.05) is 0 Å². The molecular weight excluding hydrogens is 167 g/mol. The summed E-state index contributed by atoms with van der Waals surface area (Å²) >= 11 is 0. The normalized spacial score (nSPS) is 49.2. The van der Waals surface area contributed by atoms with E-state index in [-0.39, 0.29) is 0 Å². The van der Waals surface area contributed by atoms with Crippen molar-refractivity contribution in [3.8, 4) is 0 Å². The Morgan fingerprint density at radius 1 is 1.17 bits per heavy atom. The highest BCUT2D eigenvalue weighted by Gasteiger charge is 2.41. The van der Waals surface area contributed by atoms with Gasteiger partial charge in [-0.25, -0.2) is 4.39 Å². The van der Waals surface area contributed by atoms with Crippen LogP contribution in [0.4, 0.5) is 4.39 Å². The molecule has 12 heavy (non-hydrogen) atoms. The number of halogens is 1. The number of aliphatic hydroxyl groups is 3. The molecule has 2 unspecified atom stereocenters. The summed E-state index contributed by atoms with van der Waals surface area (Å²) in [6.45, 7) is 0.651. The van der Waals surface area contributed by atoms with Crippen molar-refractivity contribution in [2.75, 3.05) is 6.67 Å². The van der Waals surface area contributed by atoms with Crippen molar-refractivity contribution in [1.29, 1.82) is 0 Å². The molecule has 5 atom stereocenters. The Labute approximate surface area is 69.6 Å². The van der Waals surface area contributed by atoms with Crippen LogP contribution < -0.4 is 0 Å². The maximum absolute atomic E-state index is 12.1. The third-order valence-corrected chi connectivity index (χ3v) is 2.10. The number of hydrogen-bond acceptors (Lipinski definition) is 4. The Morgan fingerprint density at radius 3 is 2.25 bits per heavy atom. The molecule has 3 N–H and O–H groups in total. The molecule has 0 amide bonds. The van der Waals surface area contributed by atoms with Crippen LogP contribution in [0.2, 0.25) is 0 Å². The maximum atomic E-state index is 12.1. The van der Waals surface area contributed by atoms with Crippen molar-refractivity contribution < 1.29 is 24.4 Å². The van der Waals surface area contributed by atoms with E-state index in [4.69, 9.17) is 9.84 Å². The Kier molecular flexibility index (Phi) is 3.00. The Hall–Kier alpha value is -0.230. The number of alkyl halides is 1. The highest BCUT2D eigenvalue weighted by molar-refractivity contribution is 4.90. The summed E-state index contributed by atoms with van der Waals surface area (Å²) in [7, 11) is 0. The van der Waals surface area contributed by atoms with Crippen LogP contribution in [0.3, 0.4) is 0 Å². The molecule has 0 aromatic carbocycles. The Bertz CT molecular complexity index is 150. The number of hydrogen-bond donors (Lipinski definition) is 3. The highest BCUT2D eigenvalue weighted by atomic mass is 19.1. The summed E-state index contributed by atoms with van der Waals surface area (Å²) < 4.78 is 17.0. The third kappa shape index (κ3) is 1.59. The second-order valence-corrected chi connectivity index (χ2v) is 3.01. The van der Waals surface area contributed by atoms with Gasteiger partial charge < -0.3 is 20.1 Å². The monoisotopic (exact) mass is 180 g/mol. The van der Waals surface area contributed by atoms with Crippen molar-refractivity contribution in [3.63, 3.8) is 0 Å². The molecule has 0 spiro atoms. The fourth-order valence-corrected chi connectivity index (χ4v) is 1.26. The van der Waals surface area contributed by atoms with E-state index in [0.717, 1.165) is 0 Å². The average Bonchev–Trinajstić information content (AvgIpc) is 2.08. The summed E-state index contributed by atoms with van der Waals surface area (Å²) in [5.74, 6) is 0. The fraction of sp³-hybridized carbons (Fsp3) is 1.00. The van der Waals surface area contributed by atoms with Crippen molar-refractivity contribution in [2.45, 2.75) is 37.4 Å². The lowest BCUT2D eigenvalue weighted by Crippen LogP contribution is -2.57. The van der Waals surface area contributed by atoms with Crippen LogP contribution >= 0.6 is 0 Å². The molecule has 0 bridgehead atoms. The van der Waals surface area contributed by atoms with Gasteiger partial charge in [0.15, 0.2) is 0 Å². The van der Waals surface area contributed by atoms with E-state index in [0.29, 0.717) is 0 Å². The van der Waals surface area contributed by atoms with Crippen LogP contribution in [-0.2, 0) is 4.74 Å². The molecule has 72 valence electrons. The van der Waals surface area contributed by atoms with Gasteiger partial charge in [0.05, 0.1) is 6.10 Å². The Balaban J connectivity index is 2.63. The topological polar surface area (TPSA) is 69.9 Å². The van der Waals surface area contributed by atoms with Crippen LogP contribution in [0, 0.1) is 0 Å². The van der Waals surface area contributed by atoms with E-state index < -0.39 is 37.2 Å². The van der Waals surface area contributed by atoms with Crippen LogP contribution in [0.15, 0.2) is 0 Å². The molecule has 5 heteroatoms. The molecule has 0 aromatic heterocycles. The van der Waals surface area contributed by atoms with Gasteiger partial charge in [-0.2, -0.15) is 0 Å². The second-order valence-electron chi connectivity index (χ2n) is 3.01. The van der Waals surface area contributed by atoms with Gasteiger partial charge in [0.1, 0.15) is 31.1 Å². The van der Waals surface area contributed by atoms with Gasteiger partial charge in [0, 0.05) is 0 Å². The van der Waals surface area contributed by atoms with E-state index in [2.05, 4.69) is 0 Å². The molecule has 1 heterocycles. The number of rotatable bonds is 1. The van der Waals surface area contributed by atoms with Gasteiger partial charge in [-0.3, -0.25) is 0 Å². The van der Waals surface area contributed by atoms with Crippen LogP contribution in [0.25, 0.3) is 0 Å². The summed E-state index contributed by atoms with van der Waals surface area (Å²) in [5, 5.41) is 27.5. The maximum Gasteiger partial charge on any atom is 0.118 e. The number of aliphatic hydroxyl groups excluding tert-OH is 3. The van der Waals surface area contributed by atoms with Crippen molar-refractivity contribution in [2.24, 2.45) is 0 Å². The van der Waals surface area contributed by atoms with E-state index >= 15 is 0 Å². The van der Waals surface area contributed by atoms with Gasteiger partial charge in [-0.05, 0) is 6.92 Å². The fourth-order valence-electron chi connectivity index (χ4n) is 1.26. The quantitative estimate of drug-likeness (QED) is 0.475. The highest BCUT2D eigenvalue weighted by Crippen LogP contribution is 2.20. The zero-order valence-electron chi connectivity index (χ0n) is 6.72. The first-order valence-electron chi connectivity index (χ1n) is 3.83. The van der Waals surface area contributed by atoms with E-state index in [9.17, 15) is 14.6 Å². The standard InChI is InChI=1S/C7H13FO4/c1-3-5(9)7(11)6(10)4(2-8)12-3/h3-7,9-11H,2H2,1H3/t3-,4?,5+,6+,7?/m0/s1. The van der Waals surface area contributed by atoms with Crippen molar-refractivity contribution >= 4 is 0 Å². The van der Waals surface area contributed by atoms with Crippen molar-refractivity contribution in [1.82, 2.24) is 0 Å². The Morgan fingerprint density at radius 2 is 1.75 bits per heavy atom. The number of ether oxygens (including phenoxy) is 1. The van der Waals surface area contributed by atoms with E-state index in [1.165, 1.54) is 6.92 Å². The zero-order chi connectivity index (χ0) is 9.30. The zero-order valence-corrected chi connectivity index (χ0v) is 6.72. The lowest BCUT2D eigenvalue weighted by atomic mass is 9.96. The molecule has 1 aliphatic rings. The van der Waals surface area contributed by atoms with Crippen LogP contribution in [0.5, 0.6) is 0 Å². The van der Waals surface area contributed by atoms with Gasteiger partial charge in [0.25, 0.3) is 0 Å². The van der Waals surface area contributed by atoms with Crippen LogP contribution in [0.1, 0.15) is 6.92 Å². The molecule has 0 radical (unpaired) electrons. The van der Waals surface area contributed by atoms with Crippen LogP contribution in [-0.4, -0.2) is 52.5 Å². The summed E-state index contributed by atoms with van der Waals surface area (Å²) in [5.41, 5.74) is 0. The summed E-state index contributed by atoms with van der Waals surface area (Å²) in [6, 6.07) is 0. The molecular formula is C7H13FO4. The third-order valence-electron chi connectivity index (χ3n) is 2.10. The molecule has 0 aromatic rings. The first-order valence-corrected chi connectivity index (χ1v) is 3.83. The molecule has 1 fully saturated rings. The minimum Gasteiger partial charge on any atom is -0.388 e. The summed E-state index contributed by atoms with van der Waals surface area (Å²) in [4.78, 5) is 0. The first kappa shape index (κ1) is 9.85. The lowest BCUT2D eigenvalue weighted by Gasteiger charge is -2.38. The molecule has 1 saturated heterocycles. The smallest absolute Gasteiger partial charge is 0.118 e. The predicted octanol–water partition coefficient (Wildman–Crippen LogP) is -1.17. The van der Waals surface area contributed by atoms with Gasteiger partial charge in [-0.1, -0.05) is 0 Å². The molecule has 0 aliphatic carbocycles. The van der Waals surface area contributed by atoms with E-state index in [1.54, 1.807) is 0 Å². The average molecular weight is 180 g/mol. The molecule has 4 nitrogen and oxygen atoms in total. The largest absolute Gasteiger partial charge is 0.388 e. The summed E-state index contributed by atoms with van der Waals surface area (Å²) in [6.07, 6.45) is -5.50. The van der Waals surface area contributed by atoms with Gasteiger partial charge >= 0.3 is 0 Å². The van der Waals surface area contributed by atoms with Crippen molar-refractivity contribution in [3.05, 3.63) is 0 Å². The first-order chi connectivity index (χ1) is 5.57. The lowest BCUT2D eigenvalue weighted by molar-refractivity contribution is -0.219. The molecule has 1 rings (SSSR count). The minimum atomic E-state index is -1.35. The second kappa shape index (κ2) is 3.66. The molecule has 1 aliphatic heterocycles. The minimum absolute atomic E-state index is 0.649. The predicted molar refractivity (Wildman–Crippen MR) is 38.3 cm³/mol.